The van der Waals surface area contributed by atoms with E-state index in [0.717, 1.165) is 12.8 Å². The highest BCUT2D eigenvalue weighted by atomic mass is 19.1. The van der Waals surface area contributed by atoms with Crippen LogP contribution in [0.1, 0.15) is 50.2 Å². The van der Waals surface area contributed by atoms with Crippen LogP contribution in [0, 0.1) is 5.82 Å². The van der Waals surface area contributed by atoms with Gasteiger partial charge in [-0.2, -0.15) is 0 Å². The maximum atomic E-state index is 13.2. The third-order valence-electron chi connectivity index (χ3n) is 3.55. The summed E-state index contributed by atoms with van der Waals surface area (Å²) in [6, 6.07) is 5.20. The summed E-state index contributed by atoms with van der Waals surface area (Å²) in [6.45, 7) is 2.24. The normalized spacial score (nSPS) is 14.4. The van der Waals surface area contributed by atoms with Crippen LogP contribution >= 0.6 is 0 Å². The Labute approximate surface area is 104 Å². The maximum absolute atomic E-state index is 13.2. The summed E-state index contributed by atoms with van der Waals surface area (Å²) in [5.74, 6) is -0.101. The van der Waals surface area contributed by atoms with Gasteiger partial charge in [-0.05, 0) is 48.9 Å². The molecular weight excluding hydrogens is 211 g/mol. The highest BCUT2D eigenvalue weighted by molar-refractivity contribution is 5.37. The number of unbranched alkanes of at least 4 members (excludes halogenated alkanes) is 3. The SMILES string of the molecule is CCCCCCC1=CCc2ccc(F)cc2C1. The molecular formula is C16H21F. The molecule has 0 atom stereocenters. The molecule has 1 aliphatic carbocycles. The number of halogens is 1. The summed E-state index contributed by atoms with van der Waals surface area (Å²) in [5, 5.41) is 0. The van der Waals surface area contributed by atoms with Gasteiger partial charge >= 0.3 is 0 Å². The van der Waals surface area contributed by atoms with Crippen molar-refractivity contribution in [3.8, 4) is 0 Å². The Morgan fingerprint density at radius 1 is 1.12 bits per heavy atom. The summed E-state index contributed by atoms with van der Waals surface area (Å²) in [7, 11) is 0. The fraction of sp³-hybridized carbons (Fsp3) is 0.500. The molecule has 0 fully saturated rings. The number of allylic oxidation sites excluding steroid dienone is 2. The van der Waals surface area contributed by atoms with Crippen molar-refractivity contribution in [1.29, 1.82) is 0 Å². The molecule has 2 rings (SSSR count). The molecule has 0 saturated heterocycles. The molecule has 0 unspecified atom stereocenters. The molecule has 1 aliphatic rings. The zero-order valence-corrected chi connectivity index (χ0v) is 10.6. The second kappa shape index (κ2) is 6.00. The zero-order valence-electron chi connectivity index (χ0n) is 10.6. The first-order valence-electron chi connectivity index (χ1n) is 6.75. The molecule has 0 bridgehead atoms. The first-order chi connectivity index (χ1) is 8.29. The third kappa shape index (κ3) is 3.42. The molecule has 0 saturated carbocycles. The van der Waals surface area contributed by atoms with E-state index >= 15 is 0 Å². The maximum Gasteiger partial charge on any atom is 0.123 e. The number of hydrogen-bond acceptors (Lipinski definition) is 0. The van der Waals surface area contributed by atoms with Crippen molar-refractivity contribution in [2.24, 2.45) is 0 Å². The average Bonchev–Trinajstić information content (AvgIpc) is 2.34. The van der Waals surface area contributed by atoms with E-state index in [0.29, 0.717) is 0 Å². The van der Waals surface area contributed by atoms with Crippen LogP contribution in [0.2, 0.25) is 0 Å². The standard InChI is InChI=1S/C16H21F/c1-2-3-4-5-6-13-7-8-14-9-10-16(17)12-15(14)11-13/h7,9-10,12H,2-6,8,11H2,1H3. The molecule has 0 nitrogen and oxygen atoms in total. The Kier molecular flexibility index (Phi) is 4.36. The summed E-state index contributed by atoms with van der Waals surface area (Å²) < 4.78 is 13.2. The second-order valence-electron chi connectivity index (χ2n) is 4.97. The van der Waals surface area contributed by atoms with Crippen LogP contribution < -0.4 is 0 Å². The lowest BCUT2D eigenvalue weighted by Crippen LogP contribution is -2.03. The quantitative estimate of drug-likeness (QED) is 0.504. The van der Waals surface area contributed by atoms with Crippen molar-refractivity contribution in [3.63, 3.8) is 0 Å². The number of hydrogen-bond donors (Lipinski definition) is 0. The van der Waals surface area contributed by atoms with E-state index in [1.165, 1.54) is 48.8 Å². The molecule has 17 heavy (non-hydrogen) atoms. The molecule has 92 valence electrons. The van der Waals surface area contributed by atoms with Crippen molar-refractivity contribution >= 4 is 0 Å². The Hall–Kier alpha value is -1.11. The molecule has 0 spiro atoms. The van der Waals surface area contributed by atoms with E-state index in [4.69, 9.17) is 0 Å². The van der Waals surface area contributed by atoms with Gasteiger partial charge in [0.15, 0.2) is 0 Å². The van der Waals surface area contributed by atoms with E-state index in [9.17, 15) is 4.39 Å². The third-order valence-corrected chi connectivity index (χ3v) is 3.55. The Morgan fingerprint density at radius 2 is 2.00 bits per heavy atom. The Morgan fingerprint density at radius 3 is 2.82 bits per heavy atom. The predicted octanol–water partition coefficient (Wildman–Crippen LogP) is 4.82. The van der Waals surface area contributed by atoms with Crippen molar-refractivity contribution < 1.29 is 4.39 Å². The summed E-state index contributed by atoms with van der Waals surface area (Å²) in [6.07, 6.45) is 10.7. The summed E-state index contributed by atoms with van der Waals surface area (Å²) >= 11 is 0. The van der Waals surface area contributed by atoms with Gasteiger partial charge in [-0.25, -0.2) is 4.39 Å². The van der Waals surface area contributed by atoms with Crippen molar-refractivity contribution in [2.45, 2.75) is 51.9 Å². The highest BCUT2D eigenvalue weighted by Gasteiger charge is 2.11. The summed E-state index contributed by atoms with van der Waals surface area (Å²) in [5.41, 5.74) is 3.99. The molecule has 1 heteroatoms. The number of benzene rings is 1. The topological polar surface area (TPSA) is 0 Å². The lowest BCUT2D eigenvalue weighted by molar-refractivity contribution is 0.623. The minimum Gasteiger partial charge on any atom is -0.207 e. The van der Waals surface area contributed by atoms with Gasteiger partial charge in [-0.15, -0.1) is 0 Å². The molecule has 0 aliphatic heterocycles. The molecule has 1 aromatic carbocycles. The van der Waals surface area contributed by atoms with E-state index < -0.39 is 0 Å². The molecule has 1 aromatic rings. The highest BCUT2D eigenvalue weighted by Crippen LogP contribution is 2.25. The zero-order chi connectivity index (χ0) is 12.1. The molecule has 0 N–H and O–H groups in total. The number of rotatable bonds is 5. The van der Waals surface area contributed by atoms with Gasteiger partial charge in [0.1, 0.15) is 5.82 Å². The minimum atomic E-state index is -0.101. The van der Waals surface area contributed by atoms with Gasteiger partial charge in [0.25, 0.3) is 0 Å². The lowest BCUT2D eigenvalue weighted by Gasteiger charge is -2.17. The fourth-order valence-electron chi connectivity index (χ4n) is 2.50. The van der Waals surface area contributed by atoms with Crippen molar-refractivity contribution in [1.82, 2.24) is 0 Å². The lowest BCUT2D eigenvalue weighted by atomic mass is 9.89. The largest absolute Gasteiger partial charge is 0.207 e. The average molecular weight is 232 g/mol. The minimum absolute atomic E-state index is 0.101. The monoisotopic (exact) mass is 232 g/mol. The van der Waals surface area contributed by atoms with Crippen LogP contribution in [0.5, 0.6) is 0 Å². The van der Waals surface area contributed by atoms with Crippen molar-refractivity contribution in [2.75, 3.05) is 0 Å². The van der Waals surface area contributed by atoms with E-state index in [1.54, 1.807) is 12.1 Å². The van der Waals surface area contributed by atoms with E-state index in [-0.39, 0.29) is 5.82 Å². The van der Waals surface area contributed by atoms with Gasteiger partial charge in [0, 0.05) is 0 Å². The molecule has 0 heterocycles. The van der Waals surface area contributed by atoms with E-state index in [2.05, 4.69) is 13.0 Å². The molecule has 0 aromatic heterocycles. The smallest absolute Gasteiger partial charge is 0.123 e. The van der Waals surface area contributed by atoms with Gasteiger partial charge in [0.2, 0.25) is 0 Å². The summed E-state index contributed by atoms with van der Waals surface area (Å²) in [4.78, 5) is 0. The first-order valence-corrected chi connectivity index (χ1v) is 6.75. The first kappa shape index (κ1) is 12.3. The van der Waals surface area contributed by atoms with Crippen LogP contribution in [0.4, 0.5) is 4.39 Å². The second-order valence-corrected chi connectivity index (χ2v) is 4.97. The van der Waals surface area contributed by atoms with Crippen LogP contribution in [-0.2, 0) is 12.8 Å². The molecule has 0 amide bonds. The van der Waals surface area contributed by atoms with Crippen molar-refractivity contribution in [3.05, 3.63) is 46.8 Å². The van der Waals surface area contributed by atoms with Gasteiger partial charge < -0.3 is 0 Å². The predicted molar refractivity (Wildman–Crippen MR) is 70.7 cm³/mol. The van der Waals surface area contributed by atoms with Crippen LogP contribution in [0.15, 0.2) is 29.8 Å². The number of fused-ring (bicyclic) bond motifs is 1. The fourth-order valence-corrected chi connectivity index (χ4v) is 2.50. The van der Waals surface area contributed by atoms with Crippen LogP contribution in [-0.4, -0.2) is 0 Å². The Balaban J connectivity index is 1.90. The van der Waals surface area contributed by atoms with Crippen LogP contribution in [0.3, 0.4) is 0 Å². The van der Waals surface area contributed by atoms with Gasteiger partial charge in [0.05, 0.1) is 0 Å². The molecule has 0 radical (unpaired) electrons. The Bertz CT molecular complexity index is 404. The van der Waals surface area contributed by atoms with Gasteiger partial charge in [-0.1, -0.05) is 43.9 Å². The van der Waals surface area contributed by atoms with Crippen LogP contribution in [0.25, 0.3) is 0 Å². The van der Waals surface area contributed by atoms with Gasteiger partial charge in [-0.3, -0.25) is 0 Å². The van der Waals surface area contributed by atoms with E-state index in [1.807, 2.05) is 6.07 Å².